The van der Waals surface area contributed by atoms with E-state index in [1.807, 2.05) is 0 Å². The number of halogens is 3. The number of pyridine rings is 2. The average Bonchev–Trinajstić information content (AvgIpc) is 2.47. The van der Waals surface area contributed by atoms with Crippen LogP contribution in [-0.2, 0) is 15.6 Å². The van der Waals surface area contributed by atoms with E-state index in [1.165, 1.54) is 20.8 Å². The Morgan fingerprint density at radius 3 is 2.52 bits per heavy atom. The monoisotopic (exact) mass is 328 g/mol. The number of alkyl halides is 2. The third-order valence-corrected chi connectivity index (χ3v) is 3.03. The third-order valence-electron chi connectivity index (χ3n) is 3.03. The Morgan fingerprint density at radius 2 is 1.91 bits per heavy atom. The number of nitrogens with zero attached hydrogens (tertiary/aromatic N) is 2. The highest BCUT2D eigenvalue weighted by Gasteiger charge is 2.39. The molecule has 2 heterocycles. The lowest BCUT2D eigenvalue weighted by molar-refractivity contribution is -0.248. The van der Waals surface area contributed by atoms with E-state index in [0.29, 0.717) is 0 Å². The van der Waals surface area contributed by atoms with Crippen molar-refractivity contribution in [2.45, 2.75) is 26.9 Å². The average molecular weight is 328 g/mol. The van der Waals surface area contributed by atoms with Gasteiger partial charge in [0.05, 0.1) is 24.5 Å². The van der Waals surface area contributed by atoms with Crippen LogP contribution in [0, 0.1) is 12.7 Å². The normalized spacial score (nSPS) is 11.7. The molecule has 0 spiro atoms. The fourth-order valence-electron chi connectivity index (χ4n) is 2.00. The van der Waals surface area contributed by atoms with Crippen molar-refractivity contribution in [1.82, 2.24) is 9.97 Å². The Labute approximate surface area is 130 Å². The number of fused-ring (bicyclic) bond motifs is 1. The summed E-state index contributed by atoms with van der Waals surface area (Å²) in [5.41, 5.74) is -1.47. The summed E-state index contributed by atoms with van der Waals surface area (Å²) in [6.07, 6.45) is -3.80. The summed E-state index contributed by atoms with van der Waals surface area (Å²) in [7, 11) is 0. The first kappa shape index (κ1) is 17.1. The van der Waals surface area contributed by atoms with Gasteiger partial charge in [0, 0.05) is 5.39 Å². The summed E-state index contributed by atoms with van der Waals surface area (Å²) in [4.78, 5) is 19.5. The van der Waals surface area contributed by atoms with Crippen molar-refractivity contribution < 1.29 is 27.4 Å². The second-order valence-electron chi connectivity index (χ2n) is 4.66. The number of aryl methyl sites for hydroxylation is 1. The van der Waals surface area contributed by atoms with E-state index in [9.17, 15) is 18.0 Å². The summed E-state index contributed by atoms with van der Waals surface area (Å²) < 4.78 is 51.0. The van der Waals surface area contributed by atoms with Crippen LogP contribution in [0.15, 0.2) is 12.1 Å². The second-order valence-corrected chi connectivity index (χ2v) is 4.66. The van der Waals surface area contributed by atoms with Crippen LogP contribution in [0.5, 0.6) is 0 Å². The number of esters is 1. The number of carbonyl (C=O) groups is 1. The predicted molar refractivity (Wildman–Crippen MR) is 75.7 cm³/mol. The zero-order chi connectivity index (χ0) is 17.2. The lowest BCUT2D eigenvalue weighted by Crippen LogP contribution is -2.24. The summed E-state index contributed by atoms with van der Waals surface area (Å²) >= 11 is 0. The maximum Gasteiger partial charge on any atom is 0.401 e. The van der Waals surface area contributed by atoms with Crippen LogP contribution in [0.4, 0.5) is 13.2 Å². The van der Waals surface area contributed by atoms with Crippen LogP contribution in [0.3, 0.4) is 0 Å². The molecule has 0 aliphatic carbocycles. The minimum absolute atomic E-state index is 0.00295. The lowest BCUT2D eigenvalue weighted by Gasteiger charge is -2.18. The molecule has 124 valence electrons. The molecule has 0 unspecified atom stereocenters. The standard InChI is InChI=1S/C15H15F3N2O3/c1-4-22-14(21)10-6-9-7-11(16)8(3)19-13(9)20-12(10)15(17,18)23-5-2/h6-7H,4-5H2,1-3H3. The molecule has 0 aromatic carbocycles. The lowest BCUT2D eigenvalue weighted by atomic mass is 10.1. The van der Waals surface area contributed by atoms with Gasteiger partial charge in [0.15, 0.2) is 11.3 Å². The Balaban J connectivity index is 2.72. The summed E-state index contributed by atoms with van der Waals surface area (Å²) in [5.74, 6) is -1.62. The van der Waals surface area contributed by atoms with Gasteiger partial charge in [0.25, 0.3) is 0 Å². The number of hydrogen-bond acceptors (Lipinski definition) is 5. The highest BCUT2D eigenvalue weighted by molar-refractivity contribution is 5.94. The molecule has 0 amide bonds. The number of ether oxygens (including phenoxy) is 2. The van der Waals surface area contributed by atoms with Gasteiger partial charge in [0.1, 0.15) is 5.82 Å². The Kier molecular flexibility index (Phi) is 4.84. The minimum Gasteiger partial charge on any atom is -0.462 e. The van der Waals surface area contributed by atoms with Crippen molar-refractivity contribution in [3.63, 3.8) is 0 Å². The molecule has 0 radical (unpaired) electrons. The molecule has 2 aromatic rings. The van der Waals surface area contributed by atoms with Gasteiger partial charge in [-0.05, 0) is 32.9 Å². The molecule has 0 fully saturated rings. The first-order valence-electron chi connectivity index (χ1n) is 6.97. The summed E-state index contributed by atoms with van der Waals surface area (Å²) in [6.45, 7) is 4.02. The molecule has 0 aliphatic heterocycles. The van der Waals surface area contributed by atoms with Crippen LogP contribution in [0.1, 0.15) is 35.6 Å². The molecule has 8 heteroatoms. The maximum atomic E-state index is 14.1. The number of hydrogen-bond donors (Lipinski definition) is 0. The van der Waals surface area contributed by atoms with Gasteiger partial charge in [-0.25, -0.2) is 19.2 Å². The van der Waals surface area contributed by atoms with E-state index in [-0.39, 0.29) is 29.9 Å². The van der Waals surface area contributed by atoms with E-state index >= 15 is 0 Å². The first-order valence-corrected chi connectivity index (χ1v) is 6.97. The van der Waals surface area contributed by atoms with Gasteiger partial charge in [-0.15, -0.1) is 0 Å². The summed E-state index contributed by atoms with van der Waals surface area (Å²) in [6, 6.07) is 2.16. The molecule has 0 saturated carbocycles. The molecule has 23 heavy (non-hydrogen) atoms. The number of aromatic nitrogens is 2. The van der Waals surface area contributed by atoms with Crippen LogP contribution in [0.25, 0.3) is 11.0 Å². The van der Waals surface area contributed by atoms with Gasteiger partial charge in [-0.2, -0.15) is 8.78 Å². The molecular weight excluding hydrogens is 313 g/mol. The molecule has 2 aromatic heterocycles. The van der Waals surface area contributed by atoms with Crippen molar-refractivity contribution in [3.8, 4) is 0 Å². The van der Waals surface area contributed by atoms with Gasteiger partial charge in [0.2, 0.25) is 0 Å². The Bertz CT molecular complexity index is 750. The number of rotatable bonds is 5. The maximum absolute atomic E-state index is 14.1. The van der Waals surface area contributed by atoms with Crippen LogP contribution in [0.2, 0.25) is 0 Å². The Morgan fingerprint density at radius 1 is 1.22 bits per heavy atom. The molecule has 0 bridgehead atoms. The van der Waals surface area contributed by atoms with E-state index < -0.39 is 29.2 Å². The van der Waals surface area contributed by atoms with Gasteiger partial charge >= 0.3 is 12.1 Å². The van der Waals surface area contributed by atoms with Crippen molar-refractivity contribution in [2.75, 3.05) is 13.2 Å². The SMILES string of the molecule is CCOC(=O)c1cc2cc(F)c(C)nc2nc1C(F)(F)OCC. The van der Waals surface area contributed by atoms with Crippen molar-refractivity contribution in [1.29, 1.82) is 0 Å². The van der Waals surface area contributed by atoms with E-state index in [2.05, 4.69) is 14.7 Å². The van der Waals surface area contributed by atoms with E-state index in [4.69, 9.17) is 4.74 Å². The van der Waals surface area contributed by atoms with Crippen molar-refractivity contribution in [2.24, 2.45) is 0 Å². The molecular formula is C15H15F3N2O3. The van der Waals surface area contributed by atoms with Crippen molar-refractivity contribution >= 4 is 17.0 Å². The van der Waals surface area contributed by atoms with Gasteiger partial charge < -0.3 is 9.47 Å². The number of carbonyl (C=O) groups excluding carboxylic acids is 1. The zero-order valence-corrected chi connectivity index (χ0v) is 12.8. The van der Waals surface area contributed by atoms with Crippen LogP contribution < -0.4 is 0 Å². The molecule has 0 saturated heterocycles. The highest BCUT2D eigenvalue weighted by atomic mass is 19.3. The third kappa shape index (κ3) is 3.42. The van der Waals surface area contributed by atoms with Gasteiger partial charge in [-0.3, -0.25) is 0 Å². The fraction of sp³-hybridized carbons (Fsp3) is 0.400. The van der Waals surface area contributed by atoms with E-state index in [1.54, 1.807) is 0 Å². The summed E-state index contributed by atoms with van der Waals surface area (Å²) in [5, 5.41) is 0.118. The smallest absolute Gasteiger partial charge is 0.401 e. The Hall–Kier alpha value is -2.22. The quantitative estimate of drug-likeness (QED) is 0.788. The molecule has 2 rings (SSSR count). The minimum atomic E-state index is -3.80. The molecule has 0 aliphatic rings. The largest absolute Gasteiger partial charge is 0.462 e. The molecule has 0 atom stereocenters. The van der Waals surface area contributed by atoms with Gasteiger partial charge in [-0.1, -0.05) is 0 Å². The molecule has 5 nitrogen and oxygen atoms in total. The first-order chi connectivity index (χ1) is 10.8. The zero-order valence-electron chi connectivity index (χ0n) is 12.8. The van der Waals surface area contributed by atoms with Crippen LogP contribution >= 0.6 is 0 Å². The van der Waals surface area contributed by atoms with Crippen LogP contribution in [-0.4, -0.2) is 29.2 Å². The topological polar surface area (TPSA) is 61.3 Å². The fourth-order valence-corrected chi connectivity index (χ4v) is 2.00. The van der Waals surface area contributed by atoms with Crippen molar-refractivity contribution in [3.05, 3.63) is 34.9 Å². The second kappa shape index (κ2) is 6.49. The predicted octanol–water partition coefficient (Wildman–Crippen LogP) is 3.34. The van der Waals surface area contributed by atoms with E-state index in [0.717, 1.165) is 12.1 Å². The molecule has 0 N–H and O–H groups in total. The highest BCUT2D eigenvalue weighted by Crippen LogP contribution is 2.32.